The van der Waals surface area contributed by atoms with Crippen molar-refractivity contribution >= 4 is 187 Å². The number of amides is 5. The van der Waals surface area contributed by atoms with Gasteiger partial charge >= 0.3 is 36.1 Å². The van der Waals surface area contributed by atoms with Gasteiger partial charge in [0.15, 0.2) is 23.1 Å². The molecule has 2 fully saturated rings. The maximum absolute atomic E-state index is 15.0. The molecule has 9 rings (SSSR count). The van der Waals surface area contributed by atoms with Gasteiger partial charge in [-0.15, -0.1) is 0 Å². The Bertz CT molecular complexity index is 5280. The Hall–Kier alpha value is -10.3. The van der Waals surface area contributed by atoms with Crippen molar-refractivity contribution in [2.75, 3.05) is 87.9 Å². The number of hydrogen-bond donors (Lipinski definition) is 10. The number of hydrazine groups is 3. The molecular weight excluding hydrogens is 2010 g/mol. The molecule has 13 N–H and O–H groups in total. The van der Waals surface area contributed by atoms with Gasteiger partial charge in [0.1, 0.15) is 90.1 Å². The minimum absolute atomic E-state index is 0.0370. The predicted octanol–water partition coefficient (Wildman–Crippen LogP) is 17.6. The fourth-order valence-electron chi connectivity index (χ4n) is 10.7. The smallest absolute Gasteiger partial charge is 0.413 e. The molecule has 772 valence electrons. The largest absolute Gasteiger partial charge is 0.488 e. The molecule has 0 spiro atoms. The molecule has 139 heavy (non-hydrogen) atoms. The quantitative estimate of drug-likeness (QED) is 0.00541. The van der Waals surface area contributed by atoms with E-state index in [4.69, 9.17) is 147 Å². The maximum atomic E-state index is 15.0. The number of carbonyl (C=O) groups is 10. The number of hydrogen-bond acceptors (Lipinski definition) is 30. The molecule has 2 aromatic carbocycles. The third-order valence-electron chi connectivity index (χ3n) is 18.7. The molecule has 0 saturated carbocycles. The van der Waals surface area contributed by atoms with Gasteiger partial charge in [-0.2, -0.15) is 0 Å². The second-order valence-corrected chi connectivity index (χ2v) is 37.7. The number of aromatic nitrogens is 5. The lowest BCUT2D eigenvalue weighted by Crippen LogP contribution is -2.51. The van der Waals surface area contributed by atoms with Crippen LogP contribution < -0.4 is 68.2 Å². The van der Waals surface area contributed by atoms with Crippen molar-refractivity contribution in [3.8, 4) is 11.5 Å². The Balaban J connectivity index is 0.000000861. The minimum atomic E-state index is -1.34. The first-order valence-corrected chi connectivity index (χ1v) is 45.7. The highest BCUT2D eigenvalue weighted by Crippen LogP contribution is 2.36. The van der Waals surface area contributed by atoms with Gasteiger partial charge in [-0.05, 0) is 223 Å². The molecule has 7 heterocycles. The number of benzene rings is 2. The molecule has 0 bridgehead atoms. The number of carbonyl (C=O) groups excluding carboxylic acids is 7. The summed E-state index contributed by atoms with van der Waals surface area (Å²) in [4.78, 5) is 146. The highest BCUT2D eigenvalue weighted by molar-refractivity contribution is 6.62. The lowest BCUT2D eigenvalue weighted by molar-refractivity contribution is -0.109. The van der Waals surface area contributed by atoms with Gasteiger partial charge in [-0.25, -0.2) is 68.3 Å². The number of ether oxygens (including phenoxy) is 7. The summed E-state index contributed by atoms with van der Waals surface area (Å²) in [7, 11) is 9.38. The van der Waals surface area contributed by atoms with E-state index in [1.165, 1.54) is 65.3 Å². The number of esters is 1. The van der Waals surface area contributed by atoms with E-state index in [9.17, 15) is 56.7 Å². The second-order valence-electron chi connectivity index (χ2n) is 34.1. The van der Waals surface area contributed by atoms with Crippen LogP contribution in [0.4, 0.5) is 41.6 Å². The van der Waals surface area contributed by atoms with Crippen molar-refractivity contribution in [1.29, 1.82) is 0 Å². The van der Waals surface area contributed by atoms with Crippen LogP contribution in [0.15, 0.2) is 84.9 Å². The Morgan fingerprint density at radius 3 is 1.06 bits per heavy atom. The van der Waals surface area contributed by atoms with Crippen LogP contribution in [0, 0.1) is 11.6 Å². The summed E-state index contributed by atoms with van der Waals surface area (Å²) in [6.45, 7) is 41.1. The molecule has 0 aliphatic carbocycles. The number of carboxylic acid groups (broad SMARTS) is 3. The van der Waals surface area contributed by atoms with E-state index in [-0.39, 0.29) is 148 Å². The molecule has 5 aromatic heterocycles. The Morgan fingerprint density at radius 1 is 0.475 bits per heavy atom. The number of aromatic carboxylic acids is 3. The summed E-state index contributed by atoms with van der Waals surface area (Å²) < 4.78 is 67.4. The topological polar surface area (TPSA) is 506 Å². The van der Waals surface area contributed by atoms with Crippen LogP contribution in [0.2, 0.25) is 41.0 Å². The van der Waals surface area contributed by atoms with Crippen molar-refractivity contribution < 1.29 is 105 Å². The van der Waals surface area contributed by atoms with Crippen LogP contribution in [0.25, 0.3) is 0 Å². The van der Waals surface area contributed by atoms with Crippen molar-refractivity contribution in [2.45, 2.75) is 217 Å². The van der Waals surface area contributed by atoms with Crippen molar-refractivity contribution in [1.82, 2.24) is 56.3 Å². The average molecular weight is 2140 g/mol. The molecule has 38 nitrogen and oxygen atoms in total. The number of rotatable bonds is 23. The number of nitrogens with two attached hydrogens (primary N) is 3. The summed E-state index contributed by atoms with van der Waals surface area (Å²) in [5.74, 6) is 7.51. The predicted molar refractivity (Wildman–Crippen MR) is 536 cm³/mol. The molecule has 49 heteroatoms. The maximum Gasteiger partial charge on any atom is 0.413 e. The molecule has 0 radical (unpaired) electrons. The van der Waals surface area contributed by atoms with Crippen LogP contribution in [-0.4, -0.2) is 242 Å². The van der Waals surface area contributed by atoms with Crippen LogP contribution in [-0.2, 0) is 28.5 Å². The zero-order chi connectivity index (χ0) is 107. The number of anilines is 4. The summed E-state index contributed by atoms with van der Waals surface area (Å²) in [6.07, 6.45) is -1.17. The number of halogens is 11. The average Bonchev–Trinajstić information content (AvgIpc) is 1.64. The highest BCUT2D eigenvalue weighted by atomic mass is 35.5. The number of carboxylic acids is 3. The van der Waals surface area contributed by atoms with E-state index < -0.39 is 88.3 Å². The van der Waals surface area contributed by atoms with Crippen LogP contribution in [0.5, 0.6) is 11.5 Å². The van der Waals surface area contributed by atoms with Gasteiger partial charge in [0.05, 0.1) is 69.8 Å². The number of pyridine rings is 5. The number of nitrogens with zero attached hydrogens (tertiary/aromatic N) is 11. The molecule has 2 aliphatic rings. The van der Waals surface area contributed by atoms with Crippen LogP contribution in [0.1, 0.15) is 225 Å². The Morgan fingerprint density at radius 2 is 0.755 bits per heavy atom. The zero-order valence-electron chi connectivity index (χ0n) is 82.3. The minimum Gasteiger partial charge on any atom is -0.488 e. The number of nitrogens with one attached hydrogen (secondary N) is 4. The van der Waals surface area contributed by atoms with Crippen molar-refractivity contribution in [2.24, 2.45) is 17.5 Å². The SMILES string of the molecule is CC(=O)Cl.CC(C)(C)OC(=O)N1C(COc2cc(Cl)c(C(=O)O)cc2F)COC1(C)C.CC(C)N(C)c1cc(C(=O)NN)cc(Cl)n1.CC(C)N(C)c1cc(C(=O)NNC(=O)c2cc(F)c(OCC3COC(C)(C)N3C(=O)OC(C)(C)C)cc2Cl)cc(Cl)n1.CC(C)N(C)c1cc(C(=O)O)cc(Cl)n1.CCOC(=O)c1cc(Cl)nc(N(C)C(C)C)c1.CNC(C)C.NN.O=C(O)c1cc(Cl)nc(Cl)c1. The third-order valence-corrected chi connectivity index (χ3v) is 20.5. The zero-order valence-corrected chi connectivity index (χ0v) is 89.1. The molecule has 5 amide bonds. The van der Waals surface area contributed by atoms with Gasteiger partial charge in [0.2, 0.25) is 5.24 Å². The van der Waals surface area contributed by atoms with E-state index in [1.807, 2.05) is 103 Å². The molecular formula is C90H125Cl9F2N18O20. The summed E-state index contributed by atoms with van der Waals surface area (Å²) >= 11 is 51.2. The monoisotopic (exact) mass is 2130 g/mol. The molecule has 2 unspecified atom stereocenters. The van der Waals surface area contributed by atoms with Gasteiger partial charge in [0.25, 0.3) is 17.7 Å². The standard InChI is InChI=1S/C28H36Cl2FN5O6.C18H23ClFNO6.C12H17ClN2O2.C10H15ClN4O.C10H13ClN2O2.C6H3Cl2NO2.C4H11N.C2H3ClO.H4N2/c1-15(2)35(8)23-10-16(9-22(30)32-23)24(37)33-34-25(38)18-11-20(31)21(12-19(18)29)40-13-17-14-41-28(6,7)36(17)26(39)42-27(3,4)5;1-17(2,3)27-16(24)21-10(9-26-18(21,4)5)8-25-14-7-12(19)11(15(22)23)6-13(14)20;1-5-17-12(16)9-6-10(13)14-11(7-9)15(4)8(2)3;1-6(2)15(3)9-5-7(10(16)14-12)4-8(11)13-9;1-6(2)13(3)9-5-7(10(14)15)4-8(11)12-9;7-4-1-3(6(10)11)2-5(8)9-4;1-4(2)5-3;1-2(3)4;1-2/h9-12,15,17H,13-14H2,1-8H3,(H,33,37)(H,34,38);6-7,10H,8-9H2,1-5H3,(H,22,23);6-8H,5H2,1-4H3;4-6H,12H2,1-3H3,(H,14,16);4-6H,1-3H3,(H,14,15);1-2H,(H,10,11);4-5H,1-3H3;1H3;1-2H2. The first-order chi connectivity index (χ1) is 64.1. The Labute approximate surface area is 853 Å². The summed E-state index contributed by atoms with van der Waals surface area (Å²) in [5, 5.41) is 29.7. The van der Waals surface area contributed by atoms with Crippen LogP contribution in [0.3, 0.4) is 0 Å². The first kappa shape index (κ1) is 127. The van der Waals surface area contributed by atoms with Crippen molar-refractivity contribution in [3.05, 3.63) is 176 Å². The molecule has 2 atom stereocenters. The fraction of sp³-hybridized carbons (Fsp3) is 0.478. The van der Waals surface area contributed by atoms with Gasteiger partial charge in [-0.3, -0.25) is 56.9 Å². The van der Waals surface area contributed by atoms with E-state index in [1.54, 1.807) is 95.3 Å². The normalized spacial score (nSPS) is 13.6. The van der Waals surface area contributed by atoms with Gasteiger partial charge < -0.3 is 73.4 Å². The number of nitrogen functional groups attached to an aromatic ring is 1. The summed E-state index contributed by atoms with van der Waals surface area (Å²) in [6, 6.07) is 18.8. The van der Waals surface area contributed by atoms with E-state index in [0.717, 1.165) is 24.3 Å². The third kappa shape index (κ3) is 44.2. The van der Waals surface area contributed by atoms with Gasteiger partial charge in [0, 0.05) is 88.6 Å². The summed E-state index contributed by atoms with van der Waals surface area (Å²) in [5.41, 5.74) is 3.80. The fourth-order valence-corrected chi connectivity index (χ4v) is 12.5. The van der Waals surface area contributed by atoms with E-state index >= 15 is 0 Å². The molecule has 7 aromatic rings. The lowest BCUT2D eigenvalue weighted by atomic mass is 10.2. The second kappa shape index (κ2) is 58.8. The first-order valence-electron chi connectivity index (χ1n) is 42.3. The molecule has 2 saturated heterocycles. The van der Waals surface area contributed by atoms with Gasteiger partial charge in [-0.1, -0.05) is 107 Å². The van der Waals surface area contributed by atoms with Crippen molar-refractivity contribution in [3.63, 3.8) is 0 Å². The van der Waals surface area contributed by atoms with E-state index in [2.05, 4.69) is 83.6 Å². The Kier molecular flexibility index (Phi) is 53.6. The lowest BCUT2D eigenvalue weighted by Gasteiger charge is -2.35. The highest BCUT2D eigenvalue weighted by Gasteiger charge is 2.48. The van der Waals surface area contributed by atoms with E-state index in [0.29, 0.717) is 47.0 Å². The molecule has 2 aliphatic heterocycles. The van der Waals surface area contributed by atoms with Crippen LogP contribution >= 0.6 is 104 Å².